The van der Waals surface area contributed by atoms with Crippen LogP contribution in [0.5, 0.6) is 0 Å². The third-order valence-electron chi connectivity index (χ3n) is 4.24. The van der Waals surface area contributed by atoms with Crippen molar-refractivity contribution in [1.82, 2.24) is 9.62 Å². The molecule has 1 fully saturated rings. The highest BCUT2D eigenvalue weighted by atomic mass is 32.2. The van der Waals surface area contributed by atoms with Gasteiger partial charge in [-0.3, -0.25) is 4.79 Å². The van der Waals surface area contributed by atoms with Crippen LogP contribution in [-0.4, -0.2) is 57.4 Å². The molecule has 1 aliphatic heterocycles. The Morgan fingerprint density at radius 1 is 1.29 bits per heavy atom. The van der Waals surface area contributed by atoms with Crippen LogP contribution in [0.3, 0.4) is 0 Å². The molecule has 1 aromatic carbocycles. The summed E-state index contributed by atoms with van der Waals surface area (Å²) in [7, 11) is -4.23. The van der Waals surface area contributed by atoms with Crippen LogP contribution in [0.1, 0.15) is 13.8 Å². The molecular formula is C15H22F2N3O3S+. The molecule has 0 unspecified atom stereocenters. The number of benzene rings is 1. The molecule has 1 aliphatic rings. The maximum absolute atomic E-state index is 13.8. The quantitative estimate of drug-likeness (QED) is 0.733. The Bertz CT molecular complexity index is 684. The minimum Gasteiger partial charge on any atom is -0.351 e. The lowest BCUT2D eigenvalue weighted by Crippen LogP contribution is -3.19. The van der Waals surface area contributed by atoms with Crippen LogP contribution in [0, 0.1) is 11.6 Å². The van der Waals surface area contributed by atoms with E-state index in [2.05, 4.69) is 5.32 Å². The fraction of sp³-hybridized carbons (Fsp3) is 0.533. The SMILES string of the molecule is CCNC(=O)[C@H](C)[NH+]1CCN(S(=O)(=O)c2c(F)cccc2F)CC1. The first kappa shape index (κ1) is 18.8. The van der Waals surface area contributed by atoms with E-state index in [4.69, 9.17) is 0 Å². The number of hydrogen-bond donors (Lipinski definition) is 2. The van der Waals surface area contributed by atoms with E-state index >= 15 is 0 Å². The molecule has 6 nitrogen and oxygen atoms in total. The summed E-state index contributed by atoms with van der Waals surface area (Å²) < 4.78 is 53.7. The van der Waals surface area contributed by atoms with Crippen molar-refractivity contribution in [3.05, 3.63) is 29.8 Å². The second kappa shape index (κ2) is 7.54. The molecule has 0 saturated carbocycles. The standard InChI is InChI=1S/C15H21F2N3O3S/c1-3-18-15(21)11(2)19-7-9-20(10-8-19)24(22,23)14-12(16)5-4-6-13(14)17/h4-6,11H,3,7-10H2,1-2H3,(H,18,21)/p+1/t11-/m0/s1. The van der Waals surface area contributed by atoms with Crippen LogP contribution in [0.15, 0.2) is 23.1 Å². The van der Waals surface area contributed by atoms with Gasteiger partial charge >= 0.3 is 0 Å². The van der Waals surface area contributed by atoms with Gasteiger partial charge in [-0.2, -0.15) is 4.31 Å². The molecule has 1 amide bonds. The Kier molecular flexibility index (Phi) is 5.89. The minimum atomic E-state index is -4.23. The van der Waals surface area contributed by atoms with Gasteiger partial charge in [0.1, 0.15) is 11.6 Å². The Hall–Kier alpha value is -1.58. The van der Waals surface area contributed by atoms with Crippen molar-refractivity contribution >= 4 is 15.9 Å². The van der Waals surface area contributed by atoms with E-state index in [0.717, 1.165) is 27.4 Å². The van der Waals surface area contributed by atoms with Crippen LogP contribution in [0.2, 0.25) is 0 Å². The van der Waals surface area contributed by atoms with Crippen LogP contribution < -0.4 is 10.2 Å². The summed E-state index contributed by atoms with van der Waals surface area (Å²) in [5.41, 5.74) is 0. The summed E-state index contributed by atoms with van der Waals surface area (Å²) in [6.45, 7) is 5.14. The van der Waals surface area contributed by atoms with Crippen LogP contribution in [-0.2, 0) is 14.8 Å². The van der Waals surface area contributed by atoms with Gasteiger partial charge in [0.05, 0.1) is 26.2 Å². The Labute approximate surface area is 140 Å². The molecule has 9 heteroatoms. The third-order valence-corrected chi connectivity index (χ3v) is 6.19. The van der Waals surface area contributed by atoms with E-state index < -0.39 is 26.6 Å². The van der Waals surface area contributed by atoms with E-state index in [-0.39, 0.29) is 25.0 Å². The molecule has 24 heavy (non-hydrogen) atoms. The maximum Gasteiger partial charge on any atom is 0.278 e. The number of amides is 1. The highest BCUT2D eigenvalue weighted by Crippen LogP contribution is 2.22. The van der Waals surface area contributed by atoms with Crippen molar-refractivity contribution in [3.8, 4) is 0 Å². The zero-order valence-electron chi connectivity index (χ0n) is 13.7. The lowest BCUT2D eigenvalue weighted by molar-refractivity contribution is -0.917. The Morgan fingerprint density at radius 3 is 2.33 bits per heavy atom. The number of sulfonamides is 1. The van der Waals surface area contributed by atoms with Crippen molar-refractivity contribution in [3.63, 3.8) is 0 Å². The number of quaternary nitrogens is 1. The Balaban J connectivity index is 2.10. The molecule has 2 N–H and O–H groups in total. The largest absolute Gasteiger partial charge is 0.351 e. The minimum absolute atomic E-state index is 0.0936. The molecule has 1 saturated heterocycles. The smallest absolute Gasteiger partial charge is 0.278 e. The number of rotatable bonds is 5. The predicted molar refractivity (Wildman–Crippen MR) is 84.0 cm³/mol. The average molecular weight is 362 g/mol. The normalized spacial score (nSPS) is 18.3. The zero-order valence-corrected chi connectivity index (χ0v) is 14.5. The van der Waals surface area contributed by atoms with Gasteiger partial charge in [0, 0.05) is 6.54 Å². The lowest BCUT2D eigenvalue weighted by atomic mass is 10.2. The summed E-state index contributed by atoms with van der Waals surface area (Å²) in [5.74, 6) is -2.29. The Morgan fingerprint density at radius 2 is 1.83 bits per heavy atom. The van der Waals surface area contributed by atoms with Crippen molar-refractivity contribution < 1.29 is 26.9 Å². The zero-order chi connectivity index (χ0) is 17.9. The summed E-state index contributed by atoms with van der Waals surface area (Å²) in [5, 5.41) is 2.73. The predicted octanol–water partition coefficient (Wildman–Crippen LogP) is -0.621. The number of halogens is 2. The number of nitrogens with one attached hydrogen (secondary N) is 2. The lowest BCUT2D eigenvalue weighted by Gasteiger charge is -2.34. The van der Waals surface area contributed by atoms with Gasteiger partial charge in [0.25, 0.3) is 5.91 Å². The topological polar surface area (TPSA) is 70.9 Å². The van der Waals surface area contributed by atoms with Gasteiger partial charge in [-0.1, -0.05) is 6.07 Å². The molecule has 2 rings (SSSR count). The molecule has 0 bridgehead atoms. The molecular weight excluding hydrogens is 340 g/mol. The van der Waals surface area contributed by atoms with E-state index in [1.165, 1.54) is 0 Å². The first-order valence-electron chi connectivity index (χ1n) is 7.85. The van der Waals surface area contributed by atoms with Gasteiger partial charge in [0.15, 0.2) is 10.9 Å². The monoisotopic (exact) mass is 362 g/mol. The third kappa shape index (κ3) is 3.73. The first-order valence-corrected chi connectivity index (χ1v) is 9.29. The van der Waals surface area contributed by atoms with E-state index in [0.29, 0.717) is 19.6 Å². The summed E-state index contributed by atoms with van der Waals surface area (Å²) in [6.07, 6.45) is 0. The van der Waals surface area contributed by atoms with Crippen LogP contribution >= 0.6 is 0 Å². The molecule has 0 aromatic heterocycles. The maximum atomic E-state index is 13.8. The van der Waals surface area contributed by atoms with E-state index in [1.54, 1.807) is 6.92 Å². The highest BCUT2D eigenvalue weighted by molar-refractivity contribution is 7.89. The molecule has 1 aromatic rings. The molecule has 0 radical (unpaired) electrons. The first-order chi connectivity index (χ1) is 11.3. The molecule has 0 aliphatic carbocycles. The summed E-state index contributed by atoms with van der Waals surface area (Å²) in [4.78, 5) is 11.9. The number of carbonyl (C=O) groups is 1. The molecule has 1 atom stereocenters. The number of nitrogens with zero attached hydrogens (tertiary/aromatic N) is 1. The van der Waals surface area contributed by atoms with Gasteiger partial charge in [-0.05, 0) is 26.0 Å². The number of carbonyl (C=O) groups excluding carboxylic acids is 1. The number of hydrogen-bond acceptors (Lipinski definition) is 3. The van der Waals surface area contributed by atoms with Crippen molar-refractivity contribution in [2.24, 2.45) is 0 Å². The second-order valence-electron chi connectivity index (χ2n) is 5.73. The van der Waals surface area contributed by atoms with Crippen molar-refractivity contribution in [2.45, 2.75) is 24.8 Å². The second-order valence-corrected chi connectivity index (χ2v) is 7.60. The highest BCUT2D eigenvalue weighted by Gasteiger charge is 2.36. The molecule has 134 valence electrons. The number of piperazine rings is 1. The van der Waals surface area contributed by atoms with Crippen molar-refractivity contribution in [1.29, 1.82) is 0 Å². The van der Waals surface area contributed by atoms with Gasteiger partial charge in [-0.15, -0.1) is 0 Å². The van der Waals surface area contributed by atoms with Gasteiger partial charge in [0.2, 0.25) is 10.0 Å². The fourth-order valence-electron chi connectivity index (χ4n) is 2.82. The van der Waals surface area contributed by atoms with Crippen LogP contribution in [0.25, 0.3) is 0 Å². The summed E-state index contributed by atoms with van der Waals surface area (Å²) >= 11 is 0. The fourth-order valence-corrected chi connectivity index (χ4v) is 4.37. The van der Waals surface area contributed by atoms with E-state index in [1.807, 2.05) is 6.92 Å². The van der Waals surface area contributed by atoms with Crippen molar-refractivity contribution in [2.75, 3.05) is 32.7 Å². The van der Waals surface area contributed by atoms with Gasteiger partial charge in [-0.25, -0.2) is 17.2 Å². The van der Waals surface area contributed by atoms with E-state index in [9.17, 15) is 22.0 Å². The average Bonchev–Trinajstić information content (AvgIpc) is 2.54. The molecule has 0 spiro atoms. The van der Waals surface area contributed by atoms with Gasteiger partial charge < -0.3 is 10.2 Å². The van der Waals surface area contributed by atoms with Crippen LogP contribution in [0.4, 0.5) is 8.78 Å². The molecule has 1 heterocycles. The summed E-state index contributed by atoms with van der Waals surface area (Å²) in [6, 6.07) is 2.67. The number of likely N-dealkylation sites (N-methyl/N-ethyl adjacent to an activating group) is 1.